The molecule has 2 heterocycles. The molecule has 0 bridgehead atoms. The first-order chi connectivity index (χ1) is 9.79. The molecular formula is C14H18N2O2S2. The van der Waals surface area contributed by atoms with Crippen LogP contribution in [0.3, 0.4) is 0 Å². The van der Waals surface area contributed by atoms with Crippen LogP contribution in [-0.2, 0) is 17.8 Å². The lowest BCUT2D eigenvalue weighted by Gasteiger charge is -2.24. The Morgan fingerprint density at radius 2 is 2.30 bits per heavy atom. The molecule has 0 saturated carbocycles. The van der Waals surface area contributed by atoms with Gasteiger partial charge in [0, 0.05) is 18.5 Å². The van der Waals surface area contributed by atoms with E-state index in [2.05, 4.69) is 21.7 Å². The van der Waals surface area contributed by atoms with Crippen molar-refractivity contribution >= 4 is 28.7 Å². The van der Waals surface area contributed by atoms with Gasteiger partial charge in [0.1, 0.15) is 5.76 Å². The van der Waals surface area contributed by atoms with E-state index in [0.29, 0.717) is 24.8 Å². The number of rotatable bonds is 7. The first-order valence-electron chi connectivity index (χ1n) is 6.36. The molecule has 0 saturated heterocycles. The van der Waals surface area contributed by atoms with Crippen molar-refractivity contribution in [3.8, 4) is 0 Å². The number of nitrogens with one attached hydrogen (secondary N) is 1. The highest BCUT2D eigenvalue weighted by Gasteiger charge is 2.12. The van der Waals surface area contributed by atoms with Crippen LogP contribution in [-0.4, -0.2) is 30.3 Å². The van der Waals surface area contributed by atoms with Gasteiger partial charge in [-0.25, -0.2) is 0 Å². The zero-order valence-corrected chi connectivity index (χ0v) is 13.0. The predicted octanol–water partition coefficient (Wildman–Crippen LogP) is 2.86. The van der Waals surface area contributed by atoms with E-state index < -0.39 is 0 Å². The van der Waals surface area contributed by atoms with Gasteiger partial charge >= 0.3 is 0 Å². The number of furan rings is 1. The second kappa shape index (κ2) is 8.04. The van der Waals surface area contributed by atoms with Gasteiger partial charge in [0.15, 0.2) is 5.11 Å². The summed E-state index contributed by atoms with van der Waals surface area (Å²) in [6, 6.07) is 8.00. The van der Waals surface area contributed by atoms with Gasteiger partial charge in [0.05, 0.1) is 26.0 Å². The first kappa shape index (κ1) is 15.0. The second-order valence-electron chi connectivity index (χ2n) is 4.24. The average Bonchev–Trinajstić information content (AvgIpc) is 3.11. The Bertz CT molecular complexity index is 461. The summed E-state index contributed by atoms with van der Waals surface area (Å²) in [5.74, 6) is 0.900. The van der Waals surface area contributed by atoms with Crippen molar-refractivity contribution < 1.29 is 9.15 Å². The summed E-state index contributed by atoms with van der Waals surface area (Å²) in [7, 11) is 1.68. The molecule has 0 aliphatic heterocycles. The standard InChI is InChI=1S/C14H18N2O2S2/c1-17-8-6-15-14(19)16(10-12-4-2-7-18-12)11-13-5-3-9-20-13/h2-5,7,9H,6,8,10-11H2,1H3,(H,15,19). The van der Waals surface area contributed by atoms with Crippen LogP contribution < -0.4 is 5.32 Å². The molecule has 108 valence electrons. The normalized spacial score (nSPS) is 10.4. The van der Waals surface area contributed by atoms with Gasteiger partial charge in [-0.3, -0.25) is 0 Å². The average molecular weight is 310 g/mol. The van der Waals surface area contributed by atoms with Gasteiger partial charge < -0.3 is 19.4 Å². The van der Waals surface area contributed by atoms with Crippen LogP contribution in [0.25, 0.3) is 0 Å². The lowest BCUT2D eigenvalue weighted by Crippen LogP contribution is -2.40. The maximum atomic E-state index is 5.46. The highest BCUT2D eigenvalue weighted by atomic mass is 32.1. The third-order valence-corrected chi connectivity index (χ3v) is 3.99. The first-order valence-corrected chi connectivity index (χ1v) is 7.65. The topological polar surface area (TPSA) is 37.6 Å². The molecule has 0 spiro atoms. The van der Waals surface area contributed by atoms with E-state index in [-0.39, 0.29) is 0 Å². The monoisotopic (exact) mass is 310 g/mol. The molecule has 20 heavy (non-hydrogen) atoms. The Morgan fingerprint density at radius 1 is 1.40 bits per heavy atom. The van der Waals surface area contributed by atoms with Crippen molar-refractivity contribution in [1.82, 2.24) is 10.2 Å². The molecule has 2 rings (SSSR count). The summed E-state index contributed by atoms with van der Waals surface area (Å²) < 4.78 is 10.4. The number of hydrogen-bond acceptors (Lipinski definition) is 4. The Morgan fingerprint density at radius 3 is 2.95 bits per heavy atom. The van der Waals surface area contributed by atoms with Crippen LogP contribution in [0.5, 0.6) is 0 Å². The SMILES string of the molecule is COCCNC(=S)N(Cc1ccco1)Cc1cccs1. The smallest absolute Gasteiger partial charge is 0.169 e. The van der Waals surface area contributed by atoms with Crippen molar-refractivity contribution in [2.24, 2.45) is 0 Å². The zero-order valence-electron chi connectivity index (χ0n) is 11.4. The Hall–Kier alpha value is -1.37. The van der Waals surface area contributed by atoms with Crippen LogP contribution in [0.1, 0.15) is 10.6 Å². The quantitative estimate of drug-likeness (QED) is 0.629. The number of hydrogen-bond donors (Lipinski definition) is 1. The summed E-state index contributed by atoms with van der Waals surface area (Å²) in [4.78, 5) is 3.36. The molecule has 0 radical (unpaired) electrons. The minimum atomic E-state index is 0.633. The van der Waals surface area contributed by atoms with Gasteiger partial charge in [-0.15, -0.1) is 11.3 Å². The molecule has 4 nitrogen and oxygen atoms in total. The second-order valence-corrected chi connectivity index (χ2v) is 5.66. The Balaban J connectivity index is 1.97. The van der Waals surface area contributed by atoms with Gasteiger partial charge in [0.25, 0.3) is 0 Å². The molecule has 1 N–H and O–H groups in total. The van der Waals surface area contributed by atoms with Gasteiger partial charge in [-0.2, -0.15) is 0 Å². The number of methoxy groups -OCH3 is 1. The third kappa shape index (κ3) is 4.63. The Labute approximate surface area is 128 Å². The summed E-state index contributed by atoms with van der Waals surface area (Å²) >= 11 is 7.18. The fraction of sp³-hybridized carbons (Fsp3) is 0.357. The summed E-state index contributed by atoms with van der Waals surface area (Å²) in [5, 5.41) is 5.99. The molecular weight excluding hydrogens is 292 g/mol. The van der Waals surface area contributed by atoms with E-state index in [1.165, 1.54) is 4.88 Å². The van der Waals surface area contributed by atoms with Gasteiger partial charge in [0.2, 0.25) is 0 Å². The molecule has 2 aromatic rings. The molecule has 0 aromatic carbocycles. The van der Waals surface area contributed by atoms with E-state index in [0.717, 1.165) is 12.3 Å². The summed E-state index contributed by atoms with van der Waals surface area (Å²) in [6.07, 6.45) is 1.68. The van der Waals surface area contributed by atoms with E-state index in [1.807, 2.05) is 18.2 Å². The fourth-order valence-corrected chi connectivity index (χ4v) is 2.70. The van der Waals surface area contributed by atoms with Crippen molar-refractivity contribution in [3.63, 3.8) is 0 Å². The molecule has 0 atom stereocenters. The van der Waals surface area contributed by atoms with E-state index in [4.69, 9.17) is 21.4 Å². The molecule has 0 unspecified atom stereocenters. The zero-order chi connectivity index (χ0) is 14.2. The fourth-order valence-electron chi connectivity index (χ4n) is 1.75. The number of ether oxygens (including phenoxy) is 1. The minimum absolute atomic E-state index is 0.633. The molecule has 6 heteroatoms. The minimum Gasteiger partial charge on any atom is -0.467 e. The maximum absolute atomic E-state index is 5.46. The van der Waals surface area contributed by atoms with Crippen LogP contribution in [0.2, 0.25) is 0 Å². The molecule has 0 fully saturated rings. The molecule has 0 amide bonds. The van der Waals surface area contributed by atoms with Crippen molar-refractivity contribution in [2.75, 3.05) is 20.3 Å². The molecule has 0 aliphatic carbocycles. The summed E-state index contributed by atoms with van der Waals surface area (Å²) in [5.41, 5.74) is 0. The van der Waals surface area contributed by atoms with Crippen molar-refractivity contribution in [2.45, 2.75) is 13.1 Å². The maximum Gasteiger partial charge on any atom is 0.169 e. The highest BCUT2D eigenvalue weighted by Crippen LogP contribution is 2.15. The lowest BCUT2D eigenvalue weighted by atomic mass is 10.3. The highest BCUT2D eigenvalue weighted by molar-refractivity contribution is 7.80. The predicted molar refractivity (Wildman–Crippen MR) is 84.8 cm³/mol. The van der Waals surface area contributed by atoms with Crippen LogP contribution in [0, 0.1) is 0 Å². The van der Waals surface area contributed by atoms with Crippen LogP contribution in [0.15, 0.2) is 40.3 Å². The van der Waals surface area contributed by atoms with Gasteiger partial charge in [-0.05, 0) is 35.8 Å². The van der Waals surface area contributed by atoms with E-state index >= 15 is 0 Å². The van der Waals surface area contributed by atoms with Crippen LogP contribution in [0.4, 0.5) is 0 Å². The molecule has 2 aromatic heterocycles. The number of thiophene rings is 1. The van der Waals surface area contributed by atoms with Crippen molar-refractivity contribution in [1.29, 1.82) is 0 Å². The molecule has 0 aliphatic rings. The van der Waals surface area contributed by atoms with Crippen LogP contribution >= 0.6 is 23.6 Å². The van der Waals surface area contributed by atoms with E-state index in [9.17, 15) is 0 Å². The lowest BCUT2D eigenvalue weighted by molar-refractivity contribution is 0.202. The number of thiocarbonyl (C=S) groups is 1. The third-order valence-electron chi connectivity index (χ3n) is 2.72. The van der Waals surface area contributed by atoms with Gasteiger partial charge in [-0.1, -0.05) is 6.07 Å². The largest absolute Gasteiger partial charge is 0.467 e. The number of nitrogens with zero attached hydrogens (tertiary/aromatic N) is 1. The summed E-state index contributed by atoms with van der Waals surface area (Å²) in [6.45, 7) is 2.77. The Kier molecular flexibility index (Phi) is 6.04. The van der Waals surface area contributed by atoms with E-state index in [1.54, 1.807) is 24.7 Å². The van der Waals surface area contributed by atoms with Crippen molar-refractivity contribution in [3.05, 3.63) is 46.5 Å².